The van der Waals surface area contributed by atoms with Crippen molar-refractivity contribution in [1.82, 2.24) is 15.1 Å². The molecule has 1 aliphatic heterocycles. The van der Waals surface area contributed by atoms with Gasteiger partial charge in [-0.15, -0.1) is 0 Å². The van der Waals surface area contributed by atoms with Crippen LogP contribution in [0.5, 0.6) is 0 Å². The Hall–Kier alpha value is -3.29. The van der Waals surface area contributed by atoms with E-state index in [1.54, 1.807) is 19.2 Å². The molecule has 0 unspecified atom stereocenters. The van der Waals surface area contributed by atoms with Crippen molar-refractivity contribution in [3.05, 3.63) is 83.7 Å². The molecule has 0 spiro atoms. The van der Waals surface area contributed by atoms with Crippen LogP contribution < -0.4 is 11.1 Å². The highest BCUT2D eigenvalue weighted by Crippen LogP contribution is 2.22. The minimum atomic E-state index is -0.691. The van der Waals surface area contributed by atoms with Crippen LogP contribution in [0, 0.1) is 5.82 Å². The molecule has 7 heteroatoms. The SMILES string of the molecule is CC[C@H]1CN([C@@H](Cc2ccc3ccccc3c2)C(=O)NC)CCN1C(=O)[C@H](N)Cc1ccc(F)cc1. The Morgan fingerprint density at radius 2 is 1.69 bits per heavy atom. The molecule has 1 saturated heterocycles. The number of rotatable bonds is 8. The third kappa shape index (κ3) is 5.91. The average molecular weight is 491 g/mol. The Labute approximate surface area is 212 Å². The first-order chi connectivity index (χ1) is 17.4. The van der Waals surface area contributed by atoms with Crippen LogP contribution in [-0.2, 0) is 22.4 Å². The molecule has 3 aromatic rings. The zero-order chi connectivity index (χ0) is 25.7. The van der Waals surface area contributed by atoms with Gasteiger partial charge in [0.15, 0.2) is 0 Å². The van der Waals surface area contributed by atoms with E-state index in [4.69, 9.17) is 5.73 Å². The van der Waals surface area contributed by atoms with Crippen molar-refractivity contribution in [2.45, 2.75) is 44.3 Å². The summed E-state index contributed by atoms with van der Waals surface area (Å²) in [6.07, 6.45) is 1.72. The molecule has 0 saturated carbocycles. The second-order valence-electron chi connectivity index (χ2n) is 9.54. The number of hydrogen-bond donors (Lipinski definition) is 2. The minimum Gasteiger partial charge on any atom is -0.358 e. The Balaban J connectivity index is 1.45. The number of nitrogens with two attached hydrogens (primary N) is 1. The van der Waals surface area contributed by atoms with Gasteiger partial charge in [0.05, 0.1) is 12.1 Å². The lowest BCUT2D eigenvalue weighted by molar-refractivity contribution is -0.139. The van der Waals surface area contributed by atoms with E-state index in [0.717, 1.165) is 22.9 Å². The smallest absolute Gasteiger partial charge is 0.240 e. The largest absolute Gasteiger partial charge is 0.358 e. The molecule has 1 heterocycles. The number of amides is 2. The molecular formula is C29H35FN4O2. The zero-order valence-corrected chi connectivity index (χ0v) is 21.0. The molecule has 6 nitrogen and oxygen atoms in total. The number of hydrogen-bond acceptors (Lipinski definition) is 4. The van der Waals surface area contributed by atoms with E-state index in [9.17, 15) is 14.0 Å². The van der Waals surface area contributed by atoms with Crippen LogP contribution in [0.4, 0.5) is 4.39 Å². The van der Waals surface area contributed by atoms with Gasteiger partial charge in [0.25, 0.3) is 0 Å². The molecule has 1 fully saturated rings. The van der Waals surface area contributed by atoms with Crippen molar-refractivity contribution in [1.29, 1.82) is 0 Å². The molecule has 1 aliphatic rings. The Bertz CT molecular complexity index is 1200. The number of fused-ring (bicyclic) bond motifs is 1. The van der Waals surface area contributed by atoms with Crippen molar-refractivity contribution in [2.75, 3.05) is 26.7 Å². The number of likely N-dealkylation sites (N-methyl/N-ethyl adjacent to an activating group) is 1. The van der Waals surface area contributed by atoms with Gasteiger partial charge in [0.1, 0.15) is 5.82 Å². The topological polar surface area (TPSA) is 78.7 Å². The number of nitrogens with zero attached hydrogens (tertiary/aromatic N) is 2. The maximum absolute atomic E-state index is 13.2. The van der Waals surface area contributed by atoms with Gasteiger partial charge in [-0.05, 0) is 53.3 Å². The van der Waals surface area contributed by atoms with Crippen LogP contribution in [0.3, 0.4) is 0 Å². The molecule has 2 amide bonds. The third-order valence-corrected chi connectivity index (χ3v) is 7.19. The first-order valence-electron chi connectivity index (χ1n) is 12.6. The van der Waals surface area contributed by atoms with Crippen LogP contribution in [0.2, 0.25) is 0 Å². The maximum atomic E-state index is 13.2. The van der Waals surface area contributed by atoms with Crippen molar-refractivity contribution in [3.63, 3.8) is 0 Å². The second kappa shape index (κ2) is 11.6. The van der Waals surface area contributed by atoms with Crippen molar-refractivity contribution in [2.24, 2.45) is 5.73 Å². The van der Waals surface area contributed by atoms with Crippen LogP contribution in [-0.4, -0.2) is 66.4 Å². The molecule has 3 aromatic carbocycles. The van der Waals surface area contributed by atoms with E-state index < -0.39 is 6.04 Å². The van der Waals surface area contributed by atoms with Gasteiger partial charge >= 0.3 is 0 Å². The van der Waals surface area contributed by atoms with E-state index in [2.05, 4.69) is 47.5 Å². The van der Waals surface area contributed by atoms with E-state index in [1.165, 1.54) is 17.5 Å². The van der Waals surface area contributed by atoms with Gasteiger partial charge in [-0.2, -0.15) is 0 Å². The van der Waals surface area contributed by atoms with Crippen LogP contribution in [0.15, 0.2) is 66.7 Å². The van der Waals surface area contributed by atoms with Gasteiger partial charge in [-0.25, -0.2) is 4.39 Å². The highest BCUT2D eigenvalue weighted by atomic mass is 19.1. The van der Waals surface area contributed by atoms with Gasteiger partial charge in [0, 0.05) is 32.7 Å². The molecule has 190 valence electrons. The second-order valence-corrected chi connectivity index (χ2v) is 9.54. The summed E-state index contributed by atoms with van der Waals surface area (Å²) in [6.45, 7) is 3.77. The first-order valence-corrected chi connectivity index (χ1v) is 12.6. The summed E-state index contributed by atoms with van der Waals surface area (Å²) in [4.78, 5) is 30.2. The molecule has 36 heavy (non-hydrogen) atoms. The molecule has 0 radical (unpaired) electrons. The van der Waals surface area contributed by atoms with E-state index in [-0.39, 0.29) is 29.7 Å². The fourth-order valence-corrected chi connectivity index (χ4v) is 5.12. The molecule has 0 aliphatic carbocycles. The number of piperazine rings is 1. The zero-order valence-electron chi connectivity index (χ0n) is 21.0. The monoisotopic (exact) mass is 490 g/mol. The molecule has 4 rings (SSSR count). The summed E-state index contributed by atoms with van der Waals surface area (Å²) >= 11 is 0. The van der Waals surface area contributed by atoms with Crippen LogP contribution >= 0.6 is 0 Å². The van der Waals surface area contributed by atoms with E-state index >= 15 is 0 Å². The first kappa shape index (κ1) is 25.8. The van der Waals surface area contributed by atoms with Crippen molar-refractivity contribution < 1.29 is 14.0 Å². The highest BCUT2D eigenvalue weighted by Gasteiger charge is 2.36. The average Bonchev–Trinajstić information content (AvgIpc) is 2.91. The van der Waals surface area contributed by atoms with Crippen LogP contribution in [0.25, 0.3) is 10.8 Å². The molecular weight excluding hydrogens is 455 g/mol. The quantitative estimate of drug-likeness (QED) is 0.509. The highest BCUT2D eigenvalue weighted by molar-refractivity contribution is 5.85. The Kier molecular flexibility index (Phi) is 8.33. The van der Waals surface area contributed by atoms with Gasteiger partial charge in [-0.1, -0.05) is 61.5 Å². The molecule has 3 atom stereocenters. The predicted octanol–water partition coefficient (Wildman–Crippen LogP) is 3.13. The molecule has 0 bridgehead atoms. The Morgan fingerprint density at radius 3 is 2.39 bits per heavy atom. The Morgan fingerprint density at radius 1 is 1.00 bits per heavy atom. The fourth-order valence-electron chi connectivity index (χ4n) is 5.12. The predicted molar refractivity (Wildman–Crippen MR) is 141 cm³/mol. The minimum absolute atomic E-state index is 0.0224. The summed E-state index contributed by atoms with van der Waals surface area (Å²) in [5, 5.41) is 5.16. The number of benzene rings is 3. The van der Waals surface area contributed by atoms with Crippen molar-refractivity contribution >= 4 is 22.6 Å². The van der Waals surface area contributed by atoms with Gasteiger partial charge in [0.2, 0.25) is 11.8 Å². The third-order valence-electron chi connectivity index (χ3n) is 7.19. The van der Waals surface area contributed by atoms with Gasteiger partial charge < -0.3 is 16.0 Å². The van der Waals surface area contributed by atoms with Crippen LogP contribution in [0.1, 0.15) is 24.5 Å². The summed E-state index contributed by atoms with van der Waals surface area (Å²) < 4.78 is 13.2. The normalized spacial score (nSPS) is 18.1. The lowest BCUT2D eigenvalue weighted by Gasteiger charge is -2.44. The van der Waals surface area contributed by atoms with E-state index in [0.29, 0.717) is 32.5 Å². The van der Waals surface area contributed by atoms with E-state index in [1.807, 2.05) is 17.0 Å². The van der Waals surface area contributed by atoms with Gasteiger partial charge in [-0.3, -0.25) is 14.5 Å². The summed E-state index contributed by atoms with van der Waals surface area (Å²) in [7, 11) is 1.67. The maximum Gasteiger partial charge on any atom is 0.240 e. The molecule has 3 N–H and O–H groups in total. The standard InChI is InChI=1S/C29H35FN4O2/c1-3-25-19-33(14-15-34(25)29(36)26(31)17-20-9-12-24(30)13-10-20)27(28(35)32-2)18-21-8-11-22-6-4-5-7-23(22)16-21/h4-13,16,25-27H,3,14-15,17-19,31H2,1-2H3,(H,32,35)/t25-,26+,27-/m0/s1. The fraction of sp³-hybridized carbons (Fsp3) is 0.379. The number of carbonyl (C=O) groups is 2. The number of halogens is 1. The lowest BCUT2D eigenvalue weighted by atomic mass is 9.98. The number of carbonyl (C=O) groups excluding carboxylic acids is 2. The summed E-state index contributed by atoms with van der Waals surface area (Å²) in [5.74, 6) is -0.433. The summed E-state index contributed by atoms with van der Waals surface area (Å²) in [5.41, 5.74) is 8.22. The molecule has 0 aromatic heterocycles. The lowest BCUT2D eigenvalue weighted by Crippen LogP contribution is -2.62. The van der Waals surface area contributed by atoms with Crippen molar-refractivity contribution in [3.8, 4) is 0 Å². The number of nitrogens with one attached hydrogen (secondary N) is 1. The summed E-state index contributed by atoms with van der Waals surface area (Å²) in [6, 6.07) is 19.6.